The molecule has 0 amide bonds. The maximum Gasteiger partial charge on any atom is 0.157 e. The van der Waals surface area contributed by atoms with Crippen molar-refractivity contribution in [1.29, 1.82) is 0 Å². The summed E-state index contributed by atoms with van der Waals surface area (Å²) in [6.45, 7) is 4.47. The number of ketones is 1. The minimum Gasteiger partial charge on any atom is -0.297 e. The molecule has 1 atom stereocenters. The third kappa shape index (κ3) is 1.78. The number of carbonyl (C=O) groups excluding carboxylic acids is 1. The third-order valence-corrected chi connectivity index (χ3v) is 4.73. The van der Waals surface area contributed by atoms with E-state index in [1.54, 1.807) is 0 Å². The fraction of sp³-hybridized carbons (Fsp3) is 0.688. The smallest absolute Gasteiger partial charge is 0.157 e. The molecule has 1 saturated carbocycles. The summed E-state index contributed by atoms with van der Waals surface area (Å²) in [6, 6.07) is 0. The largest absolute Gasteiger partial charge is 0.297 e. The first-order valence-corrected chi connectivity index (χ1v) is 7.39. The number of hydrogen-bond acceptors (Lipinski definition) is 2. The van der Waals surface area contributed by atoms with Crippen LogP contribution in [0.3, 0.4) is 0 Å². The van der Waals surface area contributed by atoms with Crippen molar-refractivity contribution in [2.24, 2.45) is 5.92 Å². The first-order valence-electron chi connectivity index (χ1n) is 7.39. The van der Waals surface area contributed by atoms with Gasteiger partial charge >= 0.3 is 0 Å². The molecule has 1 saturated heterocycles. The molecule has 0 radical (unpaired) electrons. The van der Waals surface area contributed by atoms with Gasteiger partial charge < -0.3 is 0 Å². The number of allylic oxidation sites excluding steroid dienone is 2. The highest BCUT2D eigenvalue weighted by molar-refractivity contribution is 5.93. The van der Waals surface area contributed by atoms with Crippen molar-refractivity contribution in [1.82, 2.24) is 4.90 Å². The summed E-state index contributed by atoms with van der Waals surface area (Å²) in [5.74, 6) is 1.23. The monoisotopic (exact) mass is 245 g/mol. The number of carbonyl (C=O) groups is 1. The van der Waals surface area contributed by atoms with Gasteiger partial charge in [0.25, 0.3) is 0 Å². The zero-order valence-corrected chi connectivity index (χ0v) is 11.3. The third-order valence-electron chi connectivity index (χ3n) is 4.73. The van der Waals surface area contributed by atoms with Gasteiger partial charge in [0, 0.05) is 19.5 Å². The molecule has 98 valence electrons. The number of nitrogens with zero attached hydrogens (tertiary/aromatic N) is 1. The number of likely N-dealkylation sites (tertiary alicyclic amines) is 1. The maximum atomic E-state index is 12.6. The Hall–Kier alpha value is -0.890. The average Bonchev–Trinajstić information content (AvgIpc) is 2.37. The maximum absolute atomic E-state index is 12.6. The molecule has 0 aromatic carbocycles. The van der Waals surface area contributed by atoms with Gasteiger partial charge in [-0.1, -0.05) is 31.6 Å². The van der Waals surface area contributed by atoms with Crippen LogP contribution >= 0.6 is 0 Å². The van der Waals surface area contributed by atoms with Gasteiger partial charge in [-0.2, -0.15) is 0 Å². The van der Waals surface area contributed by atoms with E-state index >= 15 is 0 Å². The summed E-state index contributed by atoms with van der Waals surface area (Å²) < 4.78 is 0. The summed E-state index contributed by atoms with van der Waals surface area (Å²) in [5.41, 5.74) is 1.05. The molecule has 0 spiro atoms. The lowest BCUT2D eigenvalue weighted by molar-refractivity contribution is -0.136. The van der Waals surface area contributed by atoms with Gasteiger partial charge in [0.2, 0.25) is 0 Å². The van der Waals surface area contributed by atoms with Gasteiger partial charge in [0.15, 0.2) is 5.78 Å². The predicted octanol–water partition coefficient (Wildman–Crippen LogP) is 3.10. The zero-order chi connectivity index (χ0) is 12.6. The fourth-order valence-corrected chi connectivity index (χ4v) is 3.77. The SMILES string of the molecule is CC1CN(C2(C3=CCCC=C3)CCCCC2=O)C1. The van der Waals surface area contributed by atoms with E-state index in [-0.39, 0.29) is 5.54 Å². The van der Waals surface area contributed by atoms with Crippen molar-refractivity contribution in [3.8, 4) is 0 Å². The number of Topliss-reactive ketones (excluding diaryl/α,β-unsaturated/α-hetero) is 1. The van der Waals surface area contributed by atoms with Crippen LogP contribution in [0.1, 0.15) is 45.4 Å². The molecular formula is C16H23NO. The van der Waals surface area contributed by atoms with Crippen LogP contribution in [0, 0.1) is 5.92 Å². The standard InChI is InChI=1S/C16H23NO/c1-13-11-17(12-13)16(10-6-5-9-15(16)18)14-7-3-2-4-8-14/h3,7-8,13H,2,4-6,9-12H2,1H3. The van der Waals surface area contributed by atoms with E-state index in [9.17, 15) is 4.79 Å². The minimum absolute atomic E-state index is 0.248. The van der Waals surface area contributed by atoms with Crippen molar-refractivity contribution >= 4 is 5.78 Å². The van der Waals surface area contributed by atoms with E-state index in [0.717, 1.165) is 51.1 Å². The molecule has 2 heteroatoms. The molecule has 0 aromatic rings. The second-order valence-corrected chi connectivity index (χ2v) is 6.14. The molecule has 2 nitrogen and oxygen atoms in total. The van der Waals surface area contributed by atoms with E-state index in [4.69, 9.17) is 0 Å². The summed E-state index contributed by atoms with van der Waals surface area (Å²) >= 11 is 0. The highest BCUT2D eigenvalue weighted by atomic mass is 16.1. The highest BCUT2D eigenvalue weighted by Gasteiger charge is 2.50. The van der Waals surface area contributed by atoms with Gasteiger partial charge in [-0.15, -0.1) is 0 Å². The van der Waals surface area contributed by atoms with E-state index < -0.39 is 0 Å². The Bertz CT molecular complexity index is 403. The molecule has 18 heavy (non-hydrogen) atoms. The van der Waals surface area contributed by atoms with Crippen LogP contribution in [-0.2, 0) is 4.79 Å². The Morgan fingerprint density at radius 3 is 2.72 bits per heavy atom. The molecule has 1 aliphatic heterocycles. The molecule has 1 unspecified atom stereocenters. The van der Waals surface area contributed by atoms with Gasteiger partial charge in [0.1, 0.15) is 5.54 Å². The average molecular weight is 245 g/mol. The second-order valence-electron chi connectivity index (χ2n) is 6.14. The van der Waals surface area contributed by atoms with E-state index in [2.05, 4.69) is 30.1 Å². The van der Waals surface area contributed by atoms with Crippen molar-refractivity contribution < 1.29 is 4.79 Å². The molecule has 3 aliphatic rings. The van der Waals surface area contributed by atoms with Gasteiger partial charge in [0.05, 0.1) is 0 Å². The molecular weight excluding hydrogens is 222 g/mol. The molecule has 2 aliphatic carbocycles. The lowest BCUT2D eigenvalue weighted by Gasteiger charge is -2.53. The topological polar surface area (TPSA) is 20.3 Å². The van der Waals surface area contributed by atoms with Gasteiger partial charge in [-0.05, 0) is 37.2 Å². The van der Waals surface area contributed by atoms with Crippen molar-refractivity contribution in [3.63, 3.8) is 0 Å². The Labute approximate surface area is 110 Å². The van der Waals surface area contributed by atoms with Crippen LogP contribution in [-0.4, -0.2) is 29.3 Å². The summed E-state index contributed by atoms with van der Waals surface area (Å²) in [5, 5.41) is 0. The predicted molar refractivity (Wildman–Crippen MR) is 73.4 cm³/mol. The summed E-state index contributed by atoms with van der Waals surface area (Å²) in [7, 11) is 0. The molecule has 2 fully saturated rings. The van der Waals surface area contributed by atoms with Crippen LogP contribution in [0.4, 0.5) is 0 Å². The van der Waals surface area contributed by atoms with Crippen molar-refractivity contribution in [3.05, 3.63) is 23.8 Å². The lowest BCUT2D eigenvalue weighted by atomic mass is 9.70. The van der Waals surface area contributed by atoms with Gasteiger partial charge in [-0.3, -0.25) is 9.69 Å². The molecule has 0 aromatic heterocycles. The van der Waals surface area contributed by atoms with Crippen LogP contribution in [0.15, 0.2) is 23.8 Å². The fourth-order valence-electron chi connectivity index (χ4n) is 3.77. The molecule has 0 N–H and O–H groups in total. The van der Waals surface area contributed by atoms with Crippen molar-refractivity contribution in [2.75, 3.05) is 13.1 Å². The first-order chi connectivity index (χ1) is 8.73. The Morgan fingerprint density at radius 2 is 2.11 bits per heavy atom. The van der Waals surface area contributed by atoms with Crippen LogP contribution in [0.2, 0.25) is 0 Å². The normalized spacial score (nSPS) is 34.3. The van der Waals surface area contributed by atoms with E-state index in [1.165, 1.54) is 12.0 Å². The Kier molecular flexibility index (Phi) is 3.14. The van der Waals surface area contributed by atoms with Crippen LogP contribution < -0.4 is 0 Å². The Balaban J connectivity index is 1.94. The van der Waals surface area contributed by atoms with Gasteiger partial charge in [-0.25, -0.2) is 0 Å². The number of rotatable bonds is 2. The lowest BCUT2D eigenvalue weighted by Crippen LogP contribution is -2.64. The summed E-state index contributed by atoms with van der Waals surface area (Å²) in [4.78, 5) is 15.1. The van der Waals surface area contributed by atoms with Crippen LogP contribution in [0.25, 0.3) is 0 Å². The van der Waals surface area contributed by atoms with Crippen molar-refractivity contribution in [2.45, 2.75) is 51.0 Å². The second kappa shape index (κ2) is 4.65. The number of hydrogen-bond donors (Lipinski definition) is 0. The summed E-state index contributed by atoms with van der Waals surface area (Å²) in [6.07, 6.45) is 13.1. The molecule has 1 heterocycles. The molecule has 0 bridgehead atoms. The Morgan fingerprint density at radius 1 is 1.28 bits per heavy atom. The van der Waals surface area contributed by atoms with Crippen LogP contribution in [0.5, 0.6) is 0 Å². The quantitative estimate of drug-likeness (QED) is 0.745. The first kappa shape index (κ1) is 12.2. The zero-order valence-electron chi connectivity index (χ0n) is 11.3. The molecule has 3 rings (SSSR count). The minimum atomic E-state index is -0.248. The highest BCUT2D eigenvalue weighted by Crippen LogP contribution is 2.42. The van der Waals surface area contributed by atoms with E-state index in [0.29, 0.717) is 5.78 Å². The van der Waals surface area contributed by atoms with E-state index in [1.807, 2.05) is 0 Å².